The molecule has 2 aliphatic heterocycles. The van der Waals surface area contributed by atoms with Crippen molar-refractivity contribution in [2.45, 2.75) is 77.5 Å². The van der Waals surface area contributed by atoms with Crippen molar-refractivity contribution in [1.82, 2.24) is 34.8 Å². The van der Waals surface area contributed by atoms with E-state index in [1.165, 1.54) is 0 Å². The lowest BCUT2D eigenvalue weighted by Crippen LogP contribution is -2.42. The van der Waals surface area contributed by atoms with Gasteiger partial charge in [0.25, 0.3) is 11.8 Å². The standard InChI is InChI=1S/C29H38N8O4/c1-29(2,3)41-28(40)35-15-11-21(12-16-35)37-19-24-25(34-37)27(39)30-13-6-4-5-7-14-36-18-20(17-31-36)22-9-8-10-23(32-22)26(38)33-24/h8-10,17-19,21H,4-7,11-16H2,1-3H3,(H,30,39)(H,33,38). The fraction of sp³-hybridized carbons (Fsp3) is 0.517. The number of hydrogen-bond acceptors (Lipinski definition) is 7. The van der Waals surface area contributed by atoms with Crippen LogP contribution >= 0.6 is 0 Å². The van der Waals surface area contributed by atoms with Crippen molar-refractivity contribution in [3.05, 3.63) is 48.2 Å². The number of piperidine rings is 1. The molecule has 2 N–H and O–H groups in total. The number of rotatable bonds is 1. The second-order valence-corrected chi connectivity index (χ2v) is 11.6. The van der Waals surface area contributed by atoms with Crippen LogP contribution in [0.2, 0.25) is 0 Å². The van der Waals surface area contributed by atoms with Gasteiger partial charge in [0.2, 0.25) is 0 Å². The van der Waals surface area contributed by atoms with Gasteiger partial charge in [-0.05, 0) is 58.6 Å². The second-order valence-electron chi connectivity index (χ2n) is 11.6. The number of amides is 3. The van der Waals surface area contributed by atoms with Crippen LogP contribution in [0.4, 0.5) is 10.5 Å². The minimum Gasteiger partial charge on any atom is -0.444 e. The van der Waals surface area contributed by atoms with Gasteiger partial charge < -0.3 is 20.3 Å². The molecular weight excluding hydrogens is 524 g/mol. The highest BCUT2D eigenvalue weighted by molar-refractivity contribution is 6.07. The fourth-order valence-electron chi connectivity index (χ4n) is 5.04. The second kappa shape index (κ2) is 12.1. The minimum atomic E-state index is -0.558. The summed E-state index contributed by atoms with van der Waals surface area (Å²) < 4.78 is 9.14. The van der Waals surface area contributed by atoms with E-state index in [9.17, 15) is 14.4 Å². The van der Waals surface area contributed by atoms with Gasteiger partial charge in [-0.25, -0.2) is 9.78 Å². The first-order chi connectivity index (χ1) is 19.7. The first-order valence-corrected chi connectivity index (χ1v) is 14.3. The number of hydrogen-bond donors (Lipinski definition) is 2. The molecule has 5 heterocycles. The molecule has 0 spiro atoms. The lowest BCUT2D eigenvalue weighted by atomic mass is 10.1. The van der Waals surface area contributed by atoms with Gasteiger partial charge in [0.15, 0.2) is 5.69 Å². The predicted octanol–water partition coefficient (Wildman–Crippen LogP) is 4.27. The smallest absolute Gasteiger partial charge is 0.410 e. The number of likely N-dealkylation sites (tertiary alicyclic amines) is 1. The van der Waals surface area contributed by atoms with Gasteiger partial charge in [0.05, 0.1) is 23.6 Å². The molecule has 0 atom stereocenters. The predicted molar refractivity (Wildman–Crippen MR) is 153 cm³/mol. The van der Waals surface area contributed by atoms with Crippen LogP contribution in [0.5, 0.6) is 0 Å². The number of ether oxygens (including phenoxy) is 1. The summed E-state index contributed by atoms with van der Waals surface area (Å²) >= 11 is 0. The molecule has 41 heavy (non-hydrogen) atoms. The van der Waals surface area contributed by atoms with Crippen molar-refractivity contribution < 1.29 is 19.1 Å². The number of aromatic nitrogens is 5. The molecule has 5 rings (SSSR count). The number of carbonyl (C=O) groups is 3. The van der Waals surface area contributed by atoms with E-state index in [1.54, 1.807) is 34.1 Å². The third kappa shape index (κ3) is 7.11. The molecule has 0 radical (unpaired) electrons. The summed E-state index contributed by atoms with van der Waals surface area (Å²) in [6.07, 6.45) is 10.2. The van der Waals surface area contributed by atoms with Crippen LogP contribution in [0.3, 0.4) is 0 Å². The summed E-state index contributed by atoms with van der Waals surface area (Å²) in [5.41, 5.74) is 1.63. The first kappa shape index (κ1) is 28.3. The Bertz CT molecular complexity index is 1400. The molecule has 1 saturated heterocycles. The van der Waals surface area contributed by atoms with E-state index < -0.39 is 11.5 Å². The van der Waals surface area contributed by atoms with Crippen molar-refractivity contribution in [1.29, 1.82) is 0 Å². The Kier molecular flexibility index (Phi) is 8.36. The molecule has 3 amide bonds. The van der Waals surface area contributed by atoms with Gasteiger partial charge in [-0.2, -0.15) is 10.2 Å². The molecule has 0 aromatic carbocycles. The average Bonchev–Trinajstić information content (AvgIpc) is 3.59. The van der Waals surface area contributed by atoms with Gasteiger partial charge in [0, 0.05) is 44.1 Å². The number of aryl methyl sites for hydroxylation is 1. The zero-order valence-corrected chi connectivity index (χ0v) is 23.9. The van der Waals surface area contributed by atoms with E-state index in [1.807, 2.05) is 37.7 Å². The molecule has 3 aromatic rings. The molecule has 0 saturated carbocycles. The Balaban J connectivity index is 1.36. The first-order valence-electron chi connectivity index (χ1n) is 14.3. The zero-order valence-electron chi connectivity index (χ0n) is 23.9. The molecule has 0 aliphatic carbocycles. The molecule has 12 heteroatoms. The number of fused-ring (bicyclic) bond motifs is 6. The maximum Gasteiger partial charge on any atom is 0.410 e. The SMILES string of the molecule is CC(C)(C)OC(=O)N1CCC(n2cc3c(n2)C(=O)NCCCCCCn2cc(cn2)-c2cccc(n2)C(=O)N3)CC1. The highest BCUT2D eigenvalue weighted by atomic mass is 16.6. The normalized spacial score (nSPS) is 17.6. The van der Waals surface area contributed by atoms with Crippen molar-refractivity contribution in [2.24, 2.45) is 0 Å². The highest BCUT2D eigenvalue weighted by Crippen LogP contribution is 2.27. The largest absolute Gasteiger partial charge is 0.444 e. The third-order valence-corrected chi connectivity index (χ3v) is 7.20. The monoisotopic (exact) mass is 562 g/mol. The number of nitrogens with one attached hydrogen (secondary N) is 2. The summed E-state index contributed by atoms with van der Waals surface area (Å²) in [7, 11) is 0. The lowest BCUT2D eigenvalue weighted by Gasteiger charge is -2.33. The third-order valence-electron chi connectivity index (χ3n) is 7.20. The summed E-state index contributed by atoms with van der Waals surface area (Å²) in [4.78, 5) is 45.2. The maximum atomic E-state index is 13.3. The maximum absolute atomic E-state index is 13.3. The Labute approximate surface area is 239 Å². The summed E-state index contributed by atoms with van der Waals surface area (Å²) in [6.45, 7) is 7.87. The number of nitrogens with zero attached hydrogens (tertiary/aromatic N) is 6. The molecule has 218 valence electrons. The van der Waals surface area contributed by atoms with Gasteiger partial charge in [-0.15, -0.1) is 0 Å². The molecule has 3 aromatic heterocycles. The summed E-state index contributed by atoms with van der Waals surface area (Å²) in [5.74, 6) is -0.774. The number of carbonyl (C=O) groups excluding carboxylic acids is 3. The molecule has 2 aliphatic rings. The van der Waals surface area contributed by atoms with Gasteiger partial charge in [0.1, 0.15) is 11.3 Å². The van der Waals surface area contributed by atoms with Gasteiger partial charge >= 0.3 is 6.09 Å². The van der Waals surface area contributed by atoms with Gasteiger partial charge in [-0.3, -0.25) is 19.0 Å². The van der Waals surface area contributed by atoms with Crippen molar-refractivity contribution in [3.8, 4) is 11.3 Å². The Morgan fingerprint density at radius 2 is 1.73 bits per heavy atom. The van der Waals surface area contributed by atoms with E-state index in [-0.39, 0.29) is 29.4 Å². The van der Waals surface area contributed by atoms with Crippen LogP contribution < -0.4 is 10.6 Å². The highest BCUT2D eigenvalue weighted by Gasteiger charge is 2.29. The van der Waals surface area contributed by atoms with Crippen LogP contribution in [-0.4, -0.2) is 72.6 Å². The fourth-order valence-corrected chi connectivity index (χ4v) is 5.04. The van der Waals surface area contributed by atoms with E-state index >= 15 is 0 Å². The van der Waals surface area contributed by atoms with Crippen LogP contribution in [0.25, 0.3) is 11.3 Å². The molecule has 0 unspecified atom stereocenters. The van der Waals surface area contributed by atoms with Crippen molar-refractivity contribution in [2.75, 3.05) is 25.0 Å². The van der Waals surface area contributed by atoms with Crippen LogP contribution in [0, 0.1) is 0 Å². The Morgan fingerprint density at radius 1 is 0.976 bits per heavy atom. The Morgan fingerprint density at radius 3 is 2.51 bits per heavy atom. The van der Waals surface area contributed by atoms with Crippen LogP contribution in [0.1, 0.15) is 86.3 Å². The summed E-state index contributed by atoms with van der Waals surface area (Å²) in [5, 5.41) is 14.9. The van der Waals surface area contributed by atoms with Crippen LogP contribution in [0.15, 0.2) is 36.8 Å². The quantitative estimate of drug-likeness (QED) is 0.452. The van der Waals surface area contributed by atoms with E-state index in [4.69, 9.17) is 4.74 Å². The molecule has 4 bridgehead atoms. The minimum absolute atomic E-state index is 0.0366. The Hall–Kier alpha value is -4.22. The topological polar surface area (TPSA) is 136 Å². The average molecular weight is 563 g/mol. The van der Waals surface area contributed by atoms with E-state index in [0.717, 1.165) is 37.8 Å². The zero-order chi connectivity index (χ0) is 29.0. The number of pyridine rings is 1. The molecule has 1 fully saturated rings. The number of anilines is 1. The van der Waals surface area contributed by atoms with Crippen LogP contribution in [-0.2, 0) is 11.3 Å². The van der Waals surface area contributed by atoms with E-state index in [2.05, 4.69) is 25.8 Å². The lowest BCUT2D eigenvalue weighted by molar-refractivity contribution is 0.0184. The van der Waals surface area contributed by atoms with Crippen molar-refractivity contribution >= 4 is 23.6 Å². The summed E-state index contributed by atoms with van der Waals surface area (Å²) in [6, 6.07) is 5.22. The van der Waals surface area contributed by atoms with Gasteiger partial charge in [-0.1, -0.05) is 18.9 Å². The molecule has 12 nitrogen and oxygen atoms in total. The molecular formula is C29H38N8O4. The van der Waals surface area contributed by atoms with E-state index in [0.29, 0.717) is 43.9 Å². The van der Waals surface area contributed by atoms with Crippen molar-refractivity contribution in [3.63, 3.8) is 0 Å².